The normalized spacial score (nSPS) is 11.7. The van der Waals surface area contributed by atoms with Gasteiger partial charge in [0.15, 0.2) is 0 Å². The maximum absolute atomic E-state index is 12.7. The molecule has 0 spiro atoms. The van der Waals surface area contributed by atoms with Crippen molar-refractivity contribution in [1.82, 2.24) is 4.90 Å². The summed E-state index contributed by atoms with van der Waals surface area (Å²) in [5, 5.41) is 2.09. The third-order valence-corrected chi connectivity index (χ3v) is 3.59. The van der Waals surface area contributed by atoms with Crippen molar-refractivity contribution < 1.29 is 9.59 Å². The maximum Gasteiger partial charge on any atom is 0.256 e. The second kappa shape index (κ2) is 8.03. The molecule has 122 valence electrons. The smallest absolute Gasteiger partial charge is 0.256 e. The van der Waals surface area contributed by atoms with Crippen LogP contribution in [0.5, 0.6) is 0 Å². The number of hydrogen-bond donors (Lipinski definition) is 1. The van der Waals surface area contributed by atoms with E-state index in [-0.39, 0.29) is 11.8 Å². The molecule has 0 saturated heterocycles. The molecule has 0 saturated carbocycles. The molecule has 1 aromatic carbocycles. The van der Waals surface area contributed by atoms with Gasteiger partial charge in [-0.15, -0.1) is 11.6 Å². The lowest BCUT2D eigenvalue weighted by atomic mass is 10.1. The van der Waals surface area contributed by atoms with Crippen LogP contribution < -0.4 is 10.2 Å². The van der Waals surface area contributed by atoms with Gasteiger partial charge in [0.1, 0.15) is 5.38 Å². The second-order valence-corrected chi connectivity index (χ2v) is 5.86. The van der Waals surface area contributed by atoms with Crippen LogP contribution in [0, 0.1) is 0 Å². The van der Waals surface area contributed by atoms with E-state index in [0.29, 0.717) is 24.3 Å². The molecule has 0 bridgehead atoms. The van der Waals surface area contributed by atoms with Gasteiger partial charge < -0.3 is 15.1 Å². The molecule has 2 amide bonds. The summed E-state index contributed by atoms with van der Waals surface area (Å²) in [5.41, 5.74) is 1.95. The Morgan fingerprint density at radius 3 is 2.27 bits per heavy atom. The molecule has 1 aromatic rings. The third kappa shape index (κ3) is 4.37. The van der Waals surface area contributed by atoms with Gasteiger partial charge >= 0.3 is 0 Å². The zero-order valence-electron chi connectivity index (χ0n) is 13.8. The summed E-state index contributed by atoms with van der Waals surface area (Å²) in [6, 6.07) is 5.30. The number of benzene rings is 1. The predicted octanol–water partition coefficient (Wildman–Crippen LogP) is 2.80. The van der Waals surface area contributed by atoms with E-state index in [4.69, 9.17) is 11.6 Å². The topological polar surface area (TPSA) is 52.7 Å². The Hall–Kier alpha value is -1.75. The van der Waals surface area contributed by atoms with Gasteiger partial charge in [-0.1, -0.05) is 0 Å². The van der Waals surface area contributed by atoms with Crippen LogP contribution in [-0.4, -0.2) is 49.3 Å². The first kappa shape index (κ1) is 18.3. The van der Waals surface area contributed by atoms with E-state index in [0.717, 1.165) is 5.69 Å². The molecule has 0 fully saturated rings. The Morgan fingerprint density at radius 2 is 1.82 bits per heavy atom. The van der Waals surface area contributed by atoms with E-state index in [1.54, 1.807) is 24.0 Å². The predicted molar refractivity (Wildman–Crippen MR) is 92.0 cm³/mol. The highest BCUT2D eigenvalue weighted by atomic mass is 35.5. The Kier molecular flexibility index (Phi) is 6.68. The van der Waals surface area contributed by atoms with Crippen LogP contribution in [0.4, 0.5) is 11.4 Å². The summed E-state index contributed by atoms with van der Waals surface area (Å²) in [6.45, 7) is 6.76. The van der Waals surface area contributed by atoms with Crippen LogP contribution in [0.25, 0.3) is 0 Å². The molecule has 1 N–H and O–H groups in total. The zero-order chi connectivity index (χ0) is 16.9. The van der Waals surface area contributed by atoms with Gasteiger partial charge in [-0.25, -0.2) is 0 Å². The van der Waals surface area contributed by atoms with Crippen LogP contribution in [0.1, 0.15) is 31.1 Å². The van der Waals surface area contributed by atoms with Crippen molar-refractivity contribution in [2.45, 2.75) is 26.1 Å². The van der Waals surface area contributed by atoms with Gasteiger partial charge in [0.25, 0.3) is 5.91 Å². The monoisotopic (exact) mass is 325 g/mol. The minimum atomic E-state index is -0.629. The van der Waals surface area contributed by atoms with Crippen molar-refractivity contribution in [3.63, 3.8) is 0 Å². The first-order valence-electron chi connectivity index (χ1n) is 7.37. The highest BCUT2D eigenvalue weighted by Gasteiger charge is 2.19. The highest BCUT2D eigenvalue weighted by Crippen LogP contribution is 2.24. The highest BCUT2D eigenvalue weighted by molar-refractivity contribution is 6.32. The number of alkyl halides is 1. The summed E-state index contributed by atoms with van der Waals surface area (Å²) in [5.74, 6) is -0.343. The SMILES string of the molecule is CCN(CC)C(=O)c1cc(NC(=O)[C@@H](C)Cl)ccc1N(C)C. The molecule has 0 radical (unpaired) electrons. The molecule has 0 unspecified atom stereocenters. The Balaban J connectivity index is 3.21. The summed E-state index contributed by atoms with van der Waals surface area (Å²) in [7, 11) is 3.76. The second-order valence-electron chi connectivity index (χ2n) is 5.21. The summed E-state index contributed by atoms with van der Waals surface area (Å²) in [6.07, 6.45) is 0. The van der Waals surface area contributed by atoms with Crippen molar-refractivity contribution in [2.75, 3.05) is 37.4 Å². The lowest BCUT2D eigenvalue weighted by Gasteiger charge is -2.23. The van der Waals surface area contributed by atoms with Crippen LogP contribution in [0.3, 0.4) is 0 Å². The fourth-order valence-electron chi connectivity index (χ4n) is 2.10. The van der Waals surface area contributed by atoms with E-state index in [1.165, 1.54) is 0 Å². The number of nitrogens with zero attached hydrogens (tertiary/aromatic N) is 2. The molecule has 0 aliphatic carbocycles. The first-order valence-corrected chi connectivity index (χ1v) is 7.81. The average Bonchev–Trinajstić information content (AvgIpc) is 2.47. The minimum absolute atomic E-state index is 0.0521. The molecule has 22 heavy (non-hydrogen) atoms. The molecular weight excluding hydrogens is 302 g/mol. The largest absolute Gasteiger partial charge is 0.377 e. The molecular formula is C16H24ClN3O2. The number of hydrogen-bond acceptors (Lipinski definition) is 3. The first-order chi connectivity index (χ1) is 10.3. The number of amides is 2. The molecule has 0 aliphatic heterocycles. The maximum atomic E-state index is 12.7. The number of nitrogens with one attached hydrogen (secondary N) is 1. The van der Waals surface area contributed by atoms with Crippen molar-refractivity contribution >= 4 is 34.8 Å². The van der Waals surface area contributed by atoms with Crippen molar-refractivity contribution in [3.05, 3.63) is 23.8 Å². The van der Waals surface area contributed by atoms with Crippen molar-refractivity contribution in [1.29, 1.82) is 0 Å². The van der Waals surface area contributed by atoms with Crippen LogP contribution in [-0.2, 0) is 4.79 Å². The Bertz CT molecular complexity index is 540. The fourth-order valence-corrected chi connectivity index (χ4v) is 2.15. The Morgan fingerprint density at radius 1 is 1.23 bits per heavy atom. The van der Waals surface area contributed by atoms with E-state index in [1.807, 2.05) is 38.9 Å². The number of rotatable bonds is 6. The van der Waals surface area contributed by atoms with E-state index >= 15 is 0 Å². The lowest BCUT2D eigenvalue weighted by molar-refractivity contribution is -0.115. The Labute approximate surface area is 137 Å². The number of carbonyl (C=O) groups excluding carboxylic acids is 2. The molecule has 6 heteroatoms. The van der Waals surface area contributed by atoms with Crippen LogP contribution >= 0.6 is 11.6 Å². The number of carbonyl (C=O) groups is 2. The van der Waals surface area contributed by atoms with Crippen molar-refractivity contribution in [2.24, 2.45) is 0 Å². The quantitative estimate of drug-likeness (QED) is 0.818. The molecule has 0 aromatic heterocycles. The van der Waals surface area contributed by atoms with E-state index < -0.39 is 5.38 Å². The van der Waals surface area contributed by atoms with Crippen LogP contribution in [0.15, 0.2) is 18.2 Å². The van der Waals surface area contributed by atoms with Gasteiger partial charge in [-0.2, -0.15) is 0 Å². The van der Waals surface area contributed by atoms with Gasteiger partial charge in [-0.05, 0) is 39.0 Å². The summed E-state index contributed by atoms with van der Waals surface area (Å²) in [4.78, 5) is 28.0. The van der Waals surface area contributed by atoms with Gasteiger partial charge in [0.2, 0.25) is 5.91 Å². The minimum Gasteiger partial charge on any atom is -0.377 e. The molecule has 0 heterocycles. The van der Waals surface area contributed by atoms with Crippen LogP contribution in [0.2, 0.25) is 0 Å². The number of anilines is 2. The molecule has 0 aliphatic rings. The van der Waals surface area contributed by atoms with E-state index in [2.05, 4.69) is 5.32 Å². The third-order valence-electron chi connectivity index (χ3n) is 3.39. The number of halogens is 1. The van der Waals surface area contributed by atoms with Gasteiger partial charge in [0.05, 0.1) is 5.56 Å². The van der Waals surface area contributed by atoms with E-state index in [9.17, 15) is 9.59 Å². The van der Waals surface area contributed by atoms with Gasteiger partial charge in [0, 0.05) is 38.6 Å². The fraction of sp³-hybridized carbons (Fsp3) is 0.500. The summed E-state index contributed by atoms with van der Waals surface area (Å²) < 4.78 is 0. The van der Waals surface area contributed by atoms with Crippen molar-refractivity contribution in [3.8, 4) is 0 Å². The van der Waals surface area contributed by atoms with Gasteiger partial charge in [-0.3, -0.25) is 9.59 Å². The molecule has 1 rings (SSSR count). The molecule has 1 atom stereocenters. The lowest BCUT2D eigenvalue weighted by Crippen LogP contribution is -2.32. The molecule has 5 nitrogen and oxygen atoms in total. The average molecular weight is 326 g/mol. The standard InChI is InChI=1S/C16H24ClN3O2/c1-6-20(7-2)16(22)13-10-12(18-15(21)11(3)17)8-9-14(13)19(4)5/h8-11H,6-7H2,1-5H3,(H,18,21)/t11-/m1/s1. The zero-order valence-corrected chi connectivity index (χ0v) is 14.6. The summed E-state index contributed by atoms with van der Waals surface area (Å²) >= 11 is 5.76.